The van der Waals surface area contributed by atoms with Crippen molar-refractivity contribution in [3.05, 3.63) is 59.6 Å². The van der Waals surface area contributed by atoms with Crippen LogP contribution in [0.5, 0.6) is 5.75 Å². The maximum absolute atomic E-state index is 12.1. The van der Waals surface area contributed by atoms with Crippen LogP contribution in [-0.4, -0.2) is 80.2 Å². The molecule has 0 aromatic heterocycles. The van der Waals surface area contributed by atoms with Crippen LogP contribution in [0.25, 0.3) is 0 Å². The second-order valence-electron chi connectivity index (χ2n) is 7.38. The number of methoxy groups -OCH3 is 1. The Kier molecular flexibility index (Phi) is 8.04. The predicted molar refractivity (Wildman–Crippen MR) is 122 cm³/mol. The molecule has 1 aliphatic heterocycles. The summed E-state index contributed by atoms with van der Waals surface area (Å²) in [4.78, 5) is 24.2. The molecule has 0 unspecified atom stereocenters. The molecule has 168 valence electrons. The molecule has 0 aliphatic carbocycles. The second kappa shape index (κ2) is 10.5. The number of aliphatic imine (C=N–C) groups is 1. The van der Waals surface area contributed by atoms with E-state index < -0.39 is 0 Å². The van der Waals surface area contributed by atoms with Crippen LogP contribution >= 0.6 is 15.9 Å². The van der Waals surface area contributed by atoms with Gasteiger partial charge >= 0.3 is 204 Å². The summed E-state index contributed by atoms with van der Waals surface area (Å²) in [7, 11) is 9.14. The molecule has 2 amide bonds. The number of halogens is 2. The van der Waals surface area contributed by atoms with E-state index in [-0.39, 0.29) is 27.2 Å². The zero-order valence-corrected chi connectivity index (χ0v) is 22.2. The number of benzene rings is 2. The summed E-state index contributed by atoms with van der Waals surface area (Å²) in [5.41, 5.74) is 1.23. The number of ether oxygens (including phenoxy) is 1. The summed E-state index contributed by atoms with van der Waals surface area (Å²) >= 11 is 3.40. The second-order valence-corrected chi connectivity index (χ2v) is 11.2. The average Bonchev–Trinajstić information content (AvgIpc) is 2.75. The number of guanidine groups is 1. The van der Waals surface area contributed by atoms with Crippen LogP contribution in [0.2, 0.25) is 0 Å². The zero-order valence-electron chi connectivity index (χ0n) is 18.5. The van der Waals surface area contributed by atoms with Crippen LogP contribution in [0, 0.1) is 7.14 Å². The molecule has 7 nitrogen and oxygen atoms in total. The van der Waals surface area contributed by atoms with Gasteiger partial charge in [0.1, 0.15) is 0 Å². The van der Waals surface area contributed by atoms with E-state index in [1.807, 2.05) is 33.3 Å². The van der Waals surface area contributed by atoms with Crippen LogP contribution in [0.4, 0.5) is 4.79 Å². The van der Waals surface area contributed by atoms with Gasteiger partial charge in [0, 0.05) is 0 Å². The zero-order chi connectivity index (χ0) is 22.5. The van der Waals surface area contributed by atoms with Crippen molar-refractivity contribution >= 4 is 27.9 Å². The molecule has 3 rings (SSSR count). The standard InChI is InChI=1S/C22H28BrIN5O2/c1-25-21(29-14-27(3)22(30)28(4)15-29)26(2)13-16-6-11-19(23)20(12-16)24-17-7-9-18(31-5)10-8-17/h6-12H,13-15H2,1-5H3/q-1. The third kappa shape index (κ3) is 5.82. The number of carbonyl (C=O) groups excluding carboxylic acids is 1. The summed E-state index contributed by atoms with van der Waals surface area (Å²) in [6.07, 6.45) is 0. The molecule has 0 saturated carbocycles. The monoisotopic (exact) mass is 600 g/mol. The van der Waals surface area contributed by atoms with Crippen molar-refractivity contribution in [2.24, 2.45) is 4.99 Å². The van der Waals surface area contributed by atoms with Gasteiger partial charge in [-0.3, -0.25) is 0 Å². The number of urea groups is 1. The normalized spacial score (nSPS) is 15.0. The molecule has 9 heteroatoms. The van der Waals surface area contributed by atoms with Gasteiger partial charge in [-0.2, -0.15) is 0 Å². The van der Waals surface area contributed by atoms with Crippen LogP contribution in [0.1, 0.15) is 5.56 Å². The number of carbonyl (C=O) groups is 1. The van der Waals surface area contributed by atoms with Crippen LogP contribution in [0.15, 0.2) is 51.9 Å². The minimum atomic E-state index is -0.316. The Balaban J connectivity index is 1.72. The predicted octanol–water partition coefficient (Wildman–Crippen LogP) is 0.218. The summed E-state index contributed by atoms with van der Waals surface area (Å²) in [5, 5.41) is 0. The Bertz CT molecular complexity index is 939. The SMILES string of the molecule is CN=C(N(C)Cc1ccc(Br)c([I-]c2ccc(OC)cc2)c1)N1CN(C)C(=O)N(C)C1. The van der Waals surface area contributed by atoms with Crippen LogP contribution < -0.4 is 25.9 Å². The Morgan fingerprint density at radius 2 is 1.81 bits per heavy atom. The molecule has 0 radical (unpaired) electrons. The summed E-state index contributed by atoms with van der Waals surface area (Å²) in [5.74, 6) is 1.74. The van der Waals surface area contributed by atoms with Crippen LogP contribution in [-0.2, 0) is 6.54 Å². The van der Waals surface area contributed by atoms with E-state index in [1.165, 1.54) is 12.7 Å². The van der Waals surface area contributed by atoms with Gasteiger partial charge in [-0.05, 0) is 0 Å². The molecule has 0 spiro atoms. The molecule has 0 atom stereocenters. The average molecular weight is 601 g/mol. The van der Waals surface area contributed by atoms with Crippen molar-refractivity contribution in [1.29, 1.82) is 0 Å². The van der Waals surface area contributed by atoms with Gasteiger partial charge in [-0.15, -0.1) is 0 Å². The minimum absolute atomic E-state index is 0.0226. The first-order chi connectivity index (χ1) is 14.8. The molecule has 0 bridgehead atoms. The van der Waals surface area contributed by atoms with E-state index in [4.69, 9.17) is 4.74 Å². The number of amides is 2. The van der Waals surface area contributed by atoms with Gasteiger partial charge < -0.3 is 0 Å². The molecular weight excluding hydrogens is 573 g/mol. The van der Waals surface area contributed by atoms with E-state index >= 15 is 0 Å². The molecule has 2 aromatic rings. The maximum atomic E-state index is 12.1. The number of hydrogen-bond donors (Lipinski definition) is 0. The topological polar surface area (TPSA) is 51.6 Å². The number of rotatable bonds is 5. The van der Waals surface area contributed by atoms with Gasteiger partial charge in [0.2, 0.25) is 0 Å². The van der Waals surface area contributed by atoms with Gasteiger partial charge in [0.25, 0.3) is 0 Å². The third-order valence-corrected chi connectivity index (χ3v) is 9.16. The van der Waals surface area contributed by atoms with Crippen molar-refractivity contribution in [1.82, 2.24) is 19.6 Å². The van der Waals surface area contributed by atoms with Crippen LogP contribution in [0.3, 0.4) is 0 Å². The van der Waals surface area contributed by atoms with E-state index in [0.29, 0.717) is 13.3 Å². The summed E-state index contributed by atoms with van der Waals surface area (Å²) < 4.78 is 9.09. The molecule has 1 heterocycles. The van der Waals surface area contributed by atoms with E-state index in [2.05, 4.69) is 61.1 Å². The molecule has 2 aromatic carbocycles. The fourth-order valence-corrected chi connectivity index (χ4v) is 6.59. The molecule has 0 N–H and O–H groups in total. The van der Waals surface area contributed by atoms with E-state index in [1.54, 1.807) is 24.0 Å². The Hall–Kier alpha value is -2.01. The van der Waals surface area contributed by atoms with E-state index in [9.17, 15) is 4.79 Å². The first-order valence-electron chi connectivity index (χ1n) is 9.78. The molecule has 1 fully saturated rings. The first kappa shape index (κ1) is 23.6. The first-order valence-corrected chi connectivity index (χ1v) is 12.7. The van der Waals surface area contributed by atoms with Gasteiger partial charge in [0.05, 0.1) is 0 Å². The molecule has 31 heavy (non-hydrogen) atoms. The van der Waals surface area contributed by atoms with E-state index in [0.717, 1.165) is 22.7 Å². The van der Waals surface area contributed by atoms with Crippen molar-refractivity contribution in [3.8, 4) is 5.75 Å². The Morgan fingerprint density at radius 1 is 1.16 bits per heavy atom. The Labute approximate surface area is 203 Å². The van der Waals surface area contributed by atoms with Crippen molar-refractivity contribution < 1.29 is 30.7 Å². The van der Waals surface area contributed by atoms with Crippen molar-refractivity contribution in [3.63, 3.8) is 0 Å². The summed E-state index contributed by atoms with van der Waals surface area (Å²) in [6, 6.07) is 14.9. The van der Waals surface area contributed by atoms with Gasteiger partial charge in [-0.1, -0.05) is 0 Å². The molecule has 1 saturated heterocycles. The Morgan fingerprint density at radius 3 is 2.39 bits per heavy atom. The van der Waals surface area contributed by atoms with Gasteiger partial charge in [-0.25, -0.2) is 0 Å². The fraction of sp³-hybridized carbons (Fsp3) is 0.364. The van der Waals surface area contributed by atoms with Crippen molar-refractivity contribution in [2.75, 3.05) is 48.6 Å². The van der Waals surface area contributed by atoms with Crippen molar-refractivity contribution in [2.45, 2.75) is 6.54 Å². The summed E-state index contributed by atoms with van der Waals surface area (Å²) in [6.45, 7) is 1.78. The quantitative estimate of drug-likeness (QED) is 0.280. The number of hydrogen-bond acceptors (Lipinski definition) is 3. The van der Waals surface area contributed by atoms with Gasteiger partial charge in [0.15, 0.2) is 0 Å². The molecule has 1 aliphatic rings. The third-order valence-electron chi connectivity index (χ3n) is 4.91. The number of nitrogens with zero attached hydrogens (tertiary/aromatic N) is 5. The molecular formula is C22H28BrIN5O2-. The fourth-order valence-electron chi connectivity index (χ4n) is 3.46.